The molecule has 3 saturated carbocycles. The van der Waals surface area contributed by atoms with Gasteiger partial charge in [-0.2, -0.15) is 0 Å². The average molecular weight is 495 g/mol. The molecular weight excluding hydrogens is 464 g/mol. The van der Waals surface area contributed by atoms with Gasteiger partial charge >= 0.3 is 11.9 Å². The van der Waals surface area contributed by atoms with Gasteiger partial charge in [0.25, 0.3) is 0 Å². The van der Waals surface area contributed by atoms with Crippen molar-refractivity contribution in [3.05, 3.63) is 42.0 Å². The molecule has 0 N–H and O–H groups in total. The van der Waals surface area contributed by atoms with Crippen LogP contribution in [0.2, 0.25) is 0 Å². The van der Waals surface area contributed by atoms with Crippen LogP contribution in [0.4, 0.5) is 0 Å². The molecule has 2 spiro atoms. The van der Waals surface area contributed by atoms with E-state index in [4.69, 9.17) is 14.2 Å². The average Bonchev–Trinajstić information content (AvgIpc) is 2.98. The third-order valence-corrected chi connectivity index (χ3v) is 9.26. The third kappa shape index (κ3) is 2.96. The monoisotopic (exact) mass is 494 g/mol. The quantitative estimate of drug-likeness (QED) is 0.272. The summed E-state index contributed by atoms with van der Waals surface area (Å²) in [6.07, 6.45) is 1.11. The van der Waals surface area contributed by atoms with Crippen LogP contribution in [0.3, 0.4) is 0 Å². The molecule has 190 valence electrons. The number of fused-ring (bicyclic) bond motifs is 2. The lowest BCUT2D eigenvalue weighted by molar-refractivity contribution is -0.220. The van der Waals surface area contributed by atoms with E-state index >= 15 is 0 Å². The maximum atomic E-state index is 13.8. The predicted octanol–water partition coefficient (Wildman–Crippen LogP) is 3.12. The van der Waals surface area contributed by atoms with E-state index in [-0.39, 0.29) is 29.9 Å². The number of hydrogen-bond acceptors (Lipinski definition) is 8. The first kappa shape index (κ1) is 24.4. The first-order valence-corrected chi connectivity index (χ1v) is 12.3. The number of carbonyl (C=O) groups excluding carboxylic acids is 5. The van der Waals surface area contributed by atoms with Crippen LogP contribution in [0.15, 0.2) is 36.4 Å². The Kier molecular flexibility index (Phi) is 5.50. The van der Waals surface area contributed by atoms with E-state index in [1.54, 1.807) is 12.1 Å². The Morgan fingerprint density at radius 3 is 2.47 bits per heavy atom. The van der Waals surface area contributed by atoms with Crippen molar-refractivity contribution in [2.45, 2.75) is 45.6 Å². The number of methoxy groups -OCH3 is 1. The maximum absolute atomic E-state index is 13.8. The molecule has 1 heterocycles. The number of aldehydes is 1. The summed E-state index contributed by atoms with van der Waals surface area (Å²) in [6.45, 7) is 7.54. The summed E-state index contributed by atoms with van der Waals surface area (Å²) in [7, 11) is 1.51. The van der Waals surface area contributed by atoms with E-state index in [9.17, 15) is 24.0 Å². The largest absolute Gasteiger partial charge is 0.497 e. The number of Topliss-reactive ketones (excluding diaryl/α,β-unsaturated/α-hetero) is 2. The Morgan fingerprint density at radius 2 is 1.83 bits per heavy atom. The van der Waals surface area contributed by atoms with Gasteiger partial charge in [0.1, 0.15) is 30.5 Å². The van der Waals surface area contributed by atoms with Gasteiger partial charge in [-0.05, 0) is 54.5 Å². The Bertz CT molecular complexity index is 1180. The summed E-state index contributed by atoms with van der Waals surface area (Å²) in [4.78, 5) is 66.8. The number of benzene rings is 1. The van der Waals surface area contributed by atoms with Gasteiger partial charge in [-0.15, -0.1) is 0 Å². The second-order valence-electron chi connectivity index (χ2n) is 11.2. The second kappa shape index (κ2) is 8.11. The molecule has 8 heteroatoms. The molecule has 1 aromatic rings. The first-order valence-electron chi connectivity index (χ1n) is 12.3. The number of hydrogen-bond donors (Lipinski definition) is 0. The summed E-state index contributed by atoms with van der Waals surface area (Å²) >= 11 is 0. The molecule has 1 saturated heterocycles. The van der Waals surface area contributed by atoms with Gasteiger partial charge in [0.05, 0.1) is 18.1 Å². The summed E-state index contributed by atoms with van der Waals surface area (Å²) in [6, 6.07) is 6.29. The van der Waals surface area contributed by atoms with Crippen molar-refractivity contribution in [3.8, 4) is 5.75 Å². The van der Waals surface area contributed by atoms with Crippen LogP contribution in [0.1, 0.15) is 49.9 Å². The van der Waals surface area contributed by atoms with Crippen molar-refractivity contribution < 1.29 is 38.2 Å². The number of cyclic esters (lactones) is 1. The van der Waals surface area contributed by atoms with E-state index in [0.717, 1.165) is 6.29 Å². The topological polar surface area (TPSA) is 113 Å². The minimum absolute atomic E-state index is 0.181. The van der Waals surface area contributed by atoms with Crippen molar-refractivity contribution in [2.75, 3.05) is 13.7 Å². The molecule has 0 amide bonds. The smallest absolute Gasteiger partial charge is 0.338 e. The molecule has 1 aromatic carbocycles. The zero-order valence-electron chi connectivity index (χ0n) is 20.7. The van der Waals surface area contributed by atoms with Crippen LogP contribution in [0, 0.1) is 34.0 Å². The lowest BCUT2D eigenvalue weighted by Gasteiger charge is -2.59. The van der Waals surface area contributed by atoms with Crippen molar-refractivity contribution in [1.29, 1.82) is 0 Å². The highest BCUT2D eigenvalue weighted by molar-refractivity contribution is 6.17. The number of carbonyl (C=O) groups is 5. The highest BCUT2D eigenvalue weighted by Crippen LogP contribution is 2.67. The molecule has 4 aliphatic rings. The fraction of sp³-hybridized carbons (Fsp3) is 0.536. The van der Waals surface area contributed by atoms with Gasteiger partial charge < -0.3 is 19.0 Å². The van der Waals surface area contributed by atoms with E-state index in [1.165, 1.54) is 19.2 Å². The Morgan fingerprint density at radius 1 is 1.14 bits per heavy atom. The standard InChI is InChI=1S/C28H30O8/c1-15-18-9-10-19-27(20(13-29)26(2,3)12-11-21(27)30)14-35-25(33)28(19,22(15)31)23(18)36-24(32)16-5-7-17(34-4)8-6-16/h5-8,13,18-20,23H,1,9-12,14H2,2-4H3/t18-,19-,20+,23+,27-,28-/m0/s1. The Hall–Kier alpha value is -3.29. The lowest BCUT2D eigenvalue weighted by Crippen LogP contribution is -2.70. The SMILES string of the molecule is C=C1C(=O)[C@@]23C(=O)OC[C@]4(C(=O)CCC(C)(C)[C@H]4C=O)[C@@H]2CC[C@@H]1[C@H]3OC(=O)c1ccc(OC)cc1. The minimum atomic E-state index is -1.90. The third-order valence-electron chi connectivity index (χ3n) is 9.26. The van der Waals surface area contributed by atoms with Gasteiger partial charge in [-0.25, -0.2) is 4.79 Å². The van der Waals surface area contributed by atoms with Crippen molar-refractivity contribution in [1.82, 2.24) is 0 Å². The molecule has 1 aliphatic heterocycles. The second-order valence-corrected chi connectivity index (χ2v) is 11.2. The predicted molar refractivity (Wildman–Crippen MR) is 126 cm³/mol. The van der Waals surface area contributed by atoms with Gasteiger partial charge in [-0.3, -0.25) is 14.4 Å². The van der Waals surface area contributed by atoms with Gasteiger partial charge in [0, 0.05) is 24.2 Å². The van der Waals surface area contributed by atoms with Crippen molar-refractivity contribution in [2.24, 2.45) is 34.0 Å². The molecule has 8 nitrogen and oxygen atoms in total. The molecular formula is C28H30O8. The van der Waals surface area contributed by atoms with Gasteiger partial charge in [-0.1, -0.05) is 20.4 Å². The van der Waals surface area contributed by atoms with Crippen LogP contribution in [-0.2, 0) is 28.7 Å². The highest BCUT2D eigenvalue weighted by atomic mass is 16.6. The molecule has 4 fully saturated rings. The van der Waals surface area contributed by atoms with E-state index in [1.807, 2.05) is 13.8 Å². The Balaban J connectivity index is 1.62. The number of rotatable bonds is 4. The fourth-order valence-electron chi connectivity index (χ4n) is 7.41. The van der Waals surface area contributed by atoms with E-state index in [0.29, 0.717) is 25.0 Å². The summed E-state index contributed by atoms with van der Waals surface area (Å²) in [5, 5.41) is 0. The van der Waals surface area contributed by atoms with Crippen LogP contribution in [-0.4, -0.2) is 49.6 Å². The zero-order chi connectivity index (χ0) is 26.0. The summed E-state index contributed by atoms with van der Waals surface area (Å²) < 4.78 is 16.7. The van der Waals surface area contributed by atoms with Crippen molar-refractivity contribution in [3.63, 3.8) is 0 Å². The molecule has 0 aromatic heterocycles. The lowest BCUT2D eigenvalue weighted by atomic mass is 9.44. The van der Waals surface area contributed by atoms with Gasteiger partial charge in [0.2, 0.25) is 0 Å². The molecule has 0 radical (unpaired) electrons. The van der Waals surface area contributed by atoms with Crippen LogP contribution >= 0.6 is 0 Å². The van der Waals surface area contributed by atoms with Crippen LogP contribution in [0.25, 0.3) is 0 Å². The van der Waals surface area contributed by atoms with Crippen molar-refractivity contribution >= 4 is 29.8 Å². The van der Waals surface area contributed by atoms with Crippen LogP contribution in [0.5, 0.6) is 5.75 Å². The molecule has 3 aliphatic carbocycles. The molecule has 0 unspecified atom stereocenters. The number of ketones is 2. The highest BCUT2D eigenvalue weighted by Gasteiger charge is 2.78. The summed E-state index contributed by atoms with van der Waals surface area (Å²) in [5.74, 6) is -3.83. The minimum Gasteiger partial charge on any atom is -0.497 e. The van der Waals surface area contributed by atoms with E-state index < -0.39 is 57.8 Å². The number of ether oxygens (including phenoxy) is 3. The molecule has 2 bridgehead atoms. The first-order chi connectivity index (χ1) is 17.0. The van der Waals surface area contributed by atoms with Crippen LogP contribution < -0.4 is 4.74 Å². The number of esters is 2. The molecule has 5 rings (SSSR count). The fourth-order valence-corrected chi connectivity index (χ4v) is 7.41. The maximum Gasteiger partial charge on any atom is 0.338 e. The molecule has 36 heavy (non-hydrogen) atoms. The Labute approximate surface area is 209 Å². The van der Waals surface area contributed by atoms with Gasteiger partial charge in [0.15, 0.2) is 11.2 Å². The normalized spacial score (nSPS) is 36.8. The summed E-state index contributed by atoms with van der Waals surface area (Å²) in [5.41, 5.74) is -3.36. The van der Waals surface area contributed by atoms with E-state index in [2.05, 4.69) is 6.58 Å². The molecule has 6 atom stereocenters. The zero-order valence-corrected chi connectivity index (χ0v) is 20.7.